The van der Waals surface area contributed by atoms with E-state index < -0.39 is 0 Å². The van der Waals surface area contributed by atoms with Gasteiger partial charge in [-0.1, -0.05) is 159 Å². The third-order valence-corrected chi connectivity index (χ3v) is 11.6. The fourth-order valence-corrected chi connectivity index (χ4v) is 8.65. The molecule has 4 heteroatoms. The van der Waals surface area contributed by atoms with Crippen molar-refractivity contribution in [2.75, 3.05) is 0 Å². The molecule has 2 aromatic heterocycles. The third kappa shape index (κ3) is 5.74. The van der Waals surface area contributed by atoms with Crippen LogP contribution in [0.25, 0.3) is 88.2 Å². The minimum absolute atomic E-state index is 0.339. The van der Waals surface area contributed by atoms with Crippen LogP contribution in [0.5, 0.6) is 0 Å². The average Bonchev–Trinajstić information content (AvgIpc) is 3.78. The largest absolute Gasteiger partial charge is 0.208 e. The van der Waals surface area contributed by atoms with Crippen LogP contribution in [0.1, 0.15) is 29.5 Å². The zero-order chi connectivity index (χ0) is 35.3. The normalized spacial score (nSPS) is 13.7. The van der Waals surface area contributed by atoms with Crippen LogP contribution in [0.2, 0.25) is 0 Å². The van der Waals surface area contributed by atoms with Crippen LogP contribution in [-0.4, -0.2) is 15.0 Å². The lowest BCUT2D eigenvalue weighted by molar-refractivity contribution is 1.01. The Morgan fingerprint density at radius 1 is 0.396 bits per heavy atom. The third-order valence-electron chi connectivity index (χ3n) is 10.4. The molecule has 1 atom stereocenters. The SMILES string of the molecule is CC1C(c2ccccc2)=Cc2ccc(-c3ccc(-c4nc(-c5ccccc5)nc(-c5ccc(-c6ccc7sc8ccccc8c7c6)cc5)n4)cc3)cc21. The molecule has 1 aliphatic rings. The molecule has 7 aromatic carbocycles. The van der Waals surface area contributed by atoms with E-state index in [0.29, 0.717) is 23.4 Å². The van der Waals surface area contributed by atoms with E-state index in [-0.39, 0.29) is 0 Å². The quantitative estimate of drug-likeness (QED) is 0.174. The highest BCUT2D eigenvalue weighted by Gasteiger charge is 2.23. The lowest BCUT2D eigenvalue weighted by atomic mass is 9.91. The fraction of sp³-hybridized carbons (Fsp3) is 0.0408. The fourth-order valence-electron chi connectivity index (χ4n) is 7.56. The van der Waals surface area contributed by atoms with Gasteiger partial charge in [-0.25, -0.2) is 15.0 Å². The molecular weight excluding hydrogens is 663 g/mol. The number of hydrogen-bond acceptors (Lipinski definition) is 4. The molecule has 0 radical (unpaired) electrons. The van der Waals surface area contributed by atoms with Gasteiger partial charge in [-0.05, 0) is 68.8 Å². The van der Waals surface area contributed by atoms with E-state index in [9.17, 15) is 0 Å². The number of fused-ring (bicyclic) bond motifs is 4. The summed E-state index contributed by atoms with van der Waals surface area (Å²) in [7, 11) is 0. The zero-order valence-corrected chi connectivity index (χ0v) is 29.9. The van der Waals surface area contributed by atoms with Crippen LogP contribution in [0.4, 0.5) is 0 Å². The molecule has 2 heterocycles. The van der Waals surface area contributed by atoms with Gasteiger partial charge in [0.1, 0.15) is 0 Å². The van der Waals surface area contributed by atoms with Gasteiger partial charge in [0.2, 0.25) is 0 Å². The Hall–Kier alpha value is -6.49. The summed E-state index contributed by atoms with van der Waals surface area (Å²) in [6, 6.07) is 60.3. The highest BCUT2D eigenvalue weighted by atomic mass is 32.1. The average molecular weight is 696 g/mol. The topological polar surface area (TPSA) is 38.7 Å². The minimum Gasteiger partial charge on any atom is -0.208 e. The Labute approximate surface area is 312 Å². The Morgan fingerprint density at radius 2 is 0.868 bits per heavy atom. The molecule has 0 saturated heterocycles. The first kappa shape index (κ1) is 31.3. The summed E-state index contributed by atoms with van der Waals surface area (Å²) < 4.78 is 2.62. The number of benzene rings is 7. The van der Waals surface area contributed by atoms with Crippen LogP contribution in [0.15, 0.2) is 170 Å². The van der Waals surface area contributed by atoms with Crippen LogP contribution >= 0.6 is 11.3 Å². The molecule has 1 aliphatic carbocycles. The molecule has 0 N–H and O–H groups in total. The van der Waals surface area contributed by atoms with Crippen LogP contribution in [0.3, 0.4) is 0 Å². The Bertz CT molecular complexity index is 2820. The van der Waals surface area contributed by atoms with Gasteiger partial charge in [0.05, 0.1) is 0 Å². The molecule has 53 heavy (non-hydrogen) atoms. The smallest absolute Gasteiger partial charge is 0.164 e. The van der Waals surface area contributed by atoms with Gasteiger partial charge in [0.25, 0.3) is 0 Å². The standard InChI is InChI=1S/C49H33N3S/c1-31-42(34-10-4-2-5-11-34)30-40-25-24-38(28-43(31)40)32-16-20-36(21-17-32)48-50-47(35-12-6-3-7-13-35)51-49(52-48)37-22-18-33(19-23-37)39-26-27-46-44(29-39)41-14-8-9-15-45(41)53-46/h2-31H,1H3. The predicted octanol–water partition coefficient (Wildman–Crippen LogP) is 13.2. The number of thiophene rings is 1. The summed E-state index contributed by atoms with van der Waals surface area (Å²) in [5.74, 6) is 2.30. The lowest BCUT2D eigenvalue weighted by Gasteiger charge is -2.13. The first-order chi connectivity index (χ1) is 26.1. The second kappa shape index (κ2) is 12.9. The molecule has 250 valence electrons. The van der Waals surface area contributed by atoms with E-state index in [1.54, 1.807) is 0 Å². The Kier molecular flexibility index (Phi) is 7.63. The first-order valence-corrected chi connectivity index (χ1v) is 18.8. The second-order valence-corrected chi connectivity index (χ2v) is 14.8. The van der Waals surface area contributed by atoms with Crippen molar-refractivity contribution in [3.05, 3.63) is 187 Å². The molecule has 3 nitrogen and oxygen atoms in total. The Balaban J connectivity index is 0.968. The number of hydrogen-bond donors (Lipinski definition) is 0. The molecular formula is C49H33N3S. The first-order valence-electron chi connectivity index (χ1n) is 18.0. The van der Waals surface area contributed by atoms with Crippen molar-refractivity contribution in [2.45, 2.75) is 12.8 Å². The van der Waals surface area contributed by atoms with E-state index >= 15 is 0 Å². The van der Waals surface area contributed by atoms with E-state index in [2.05, 4.69) is 153 Å². The van der Waals surface area contributed by atoms with Crippen LogP contribution in [-0.2, 0) is 0 Å². The number of aromatic nitrogens is 3. The maximum atomic E-state index is 5.04. The minimum atomic E-state index is 0.339. The zero-order valence-electron chi connectivity index (χ0n) is 29.1. The maximum Gasteiger partial charge on any atom is 0.164 e. The highest BCUT2D eigenvalue weighted by Crippen LogP contribution is 2.43. The van der Waals surface area contributed by atoms with Gasteiger partial charge in [-0.3, -0.25) is 0 Å². The van der Waals surface area contributed by atoms with Crippen LogP contribution < -0.4 is 0 Å². The van der Waals surface area contributed by atoms with E-state index in [4.69, 9.17) is 15.0 Å². The van der Waals surface area contributed by atoms with Crippen molar-refractivity contribution in [3.63, 3.8) is 0 Å². The summed E-state index contributed by atoms with van der Waals surface area (Å²) in [6.45, 7) is 2.30. The van der Waals surface area contributed by atoms with Gasteiger partial charge in [0.15, 0.2) is 17.5 Å². The van der Waals surface area contributed by atoms with Gasteiger partial charge in [-0.2, -0.15) is 0 Å². The van der Waals surface area contributed by atoms with E-state index in [1.807, 2.05) is 41.7 Å². The van der Waals surface area contributed by atoms with Gasteiger partial charge in [0, 0.05) is 42.8 Å². The second-order valence-electron chi connectivity index (χ2n) is 13.7. The molecule has 0 fully saturated rings. The van der Waals surface area contributed by atoms with Crippen molar-refractivity contribution in [1.82, 2.24) is 15.0 Å². The molecule has 1 unspecified atom stereocenters. The van der Waals surface area contributed by atoms with E-state index in [1.165, 1.54) is 59.1 Å². The molecule has 0 saturated carbocycles. The van der Waals surface area contributed by atoms with Gasteiger partial charge >= 0.3 is 0 Å². The molecule has 9 aromatic rings. The van der Waals surface area contributed by atoms with Crippen molar-refractivity contribution in [1.29, 1.82) is 0 Å². The molecule has 0 aliphatic heterocycles. The van der Waals surface area contributed by atoms with Gasteiger partial charge in [-0.15, -0.1) is 11.3 Å². The maximum absolute atomic E-state index is 5.04. The summed E-state index contributed by atoms with van der Waals surface area (Å²) in [5, 5.41) is 2.61. The predicted molar refractivity (Wildman–Crippen MR) is 223 cm³/mol. The highest BCUT2D eigenvalue weighted by molar-refractivity contribution is 7.25. The number of nitrogens with zero attached hydrogens (tertiary/aromatic N) is 3. The molecule has 0 amide bonds. The monoisotopic (exact) mass is 695 g/mol. The van der Waals surface area contributed by atoms with Crippen molar-refractivity contribution >= 4 is 43.2 Å². The van der Waals surface area contributed by atoms with Crippen molar-refractivity contribution in [3.8, 4) is 56.4 Å². The van der Waals surface area contributed by atoms with Crippen molar-refractivity contribution < 1.29 is 0 Å². The van der Waals surface area contributed by atoms with E-state index in [0.717, 1.165) is 22.3 Å². The summed E-state index contributed by atoms with van der Waals surface area (Å²) in [6.07, 6.45) is 2.34. The molecule has 0 spiro atoms. The number of rotatable bonds is 6. The summed E-state index contributed by atoms with van der Waals surface area (Å²) >= 11 is 1.84. The summed E-state index contributed by atoms with van der Waals surface area (Å²) in [5.41, 5.74) is 12.9. The molecule has 10 rings (SSSR count). The van der Waals surface area contributed by atoms with Crippen LogP contribution in [0, 0.1) is 0 Å². The van der Waals surface area contributed by atoms with Gasteiger partial charge < -0.3 is 0 Å². The summed E-state index contributed by atoms with van der Waals surface area (Å²) in [4.78, 5) is 15.0. The molecule has 0 bridgehead atoms. The lowest BCUT2D eigenvalue weighted by Crippen LogP contribution is -2.00. The number of allylic oxidation sites excluding steroid dienone is 1. The Morgan fingerprint density at radius 3 is 1.51 bits per heavy atom. The van der Waals surface area contributed by atoms with Crippen molar-refractivity contribution in [2.24, 2.45) is 0 Å².